The second-order valence-electron chi connectivity index (χ2n) is 15.3. The summed E-state index contributed by atoms with van der Waals surface area (Å²) in [6.45, 7) is 6.56. The van der Waals surface area contributed by atoms with Crippen LogP contribution in [0.4, 0.5) is 0 Å². The topological polar surface area (TPSA) is 78.9 Å². The molecule has 0 aliphatic heterocycles. The van der Waals surface area contributed by atoms with E-state index < -0.39 is 6.10 Å². The highest BCUT2D eigenvalue weighted by Crippen LogP contribution is 2.14. The van der Waals surface area contributed by atoms with E-state index in [4.69, 9.17) is 14.2 Å². The fourth-order valence-corrected chi connectivity index (χ4v) is 6.42. The SMILES string of the molecule is CCCC/C=C\CCCCCCC(=O)OCC(COC(=O)CCCCC/C=C\CCCCCCCC)OC(=O)CCCCCCCCCCCCCC. The van der Waals surface area contributed by atoms with Crippen LogP contribution < -0.4 is 0 Å². The Kier molecular flexibility index (Phi) is 40.9. The summed E-state index contributed by atoms with van der Waals surface area (Å²) in [5.41, 5.74) is 0. The molecule has 310 valence electrons. The summed E-state index contributed by atoms with van der Waals surface area (Å²) in [6, 6.07) is 0. The Morgan fingerprint density at radius 3 is 1.02 bits per heavy atom. The highest BCUT2D eigenvalue weighted by molar-refractivity contribution is 5.71. The summed E-state index contributed by atoms with van der Waals surface area (Å²) >= 11 is 0. The van der Waals surface area contributed by atoms with Crippen LogP contribution in [-0.2, 0) is 28.6 Å². The Morgan fingerprint density at radius 1 is 0.358 bits per heavy atom. The number of rotatable bonds is 41. The molecule has 0 fully saturated rings. The molecule has 0 saturated carbocycles. The van der Waals surface area contributed by atoms with E-state index in [2.05, 4.69) is 45.1 Å². The number of carbonyl (C=O) groups excluding carboxylic acids is 3. The first-order chi connectivity index (χ1) is 26.0. The van der Waals surface area contributed by atoms with Gasteiger partial charge in [-0.3, -0.25) is 14.4 Å². The zero-order valence-electron chi connectivity index (χ0n) is 35.3. The molecule has 0 aromatic rings. The summed E-state index contributed by atoms with van der Waals surface area (Å²) in [7, 11) is 0. The molecule has 53 heavy (non-hydrogen) atoms. The summed E-state index contributed by atoms with van der Waals surface area (Å²) < 4.78 is 16.7. The van der Waals surface area contributed by atoms with Gasteiger partial charge in [0, 0.05) is 19.3 Å². The number of ether oxygens (including phenoxy) is 3. The number of carbonyl (C=O) groups is 3. The van der Waals surface area contributed by atoms with Crippen LogP contribution in [0.15, 0.2) is 24.3 Å². The molecule has 1 atom stereocenters. The van der Waals surface area contributed by atoms with E-state index in [-0.39, 0.29) is 31.1 Å². The summed E-state index contributed by atoms with van der Waals surface area (Å²) in [5.74, 6) is -0.904. The molecule has 1 unspecified atom stereocenters. The van der Waals surface area contributed by atoms with Crippen molar-refractivity contribution in [3.05, 3.63) is 24.3 Å². The van der Waals surface area contributed by atoms with Crippen molar-refractivity contribution >= 4 is 17.9 Å². The van der Waals surface area contributed by atoms with Crippen LogP contribution in [0.1, 0.15) is 239 Å². The first-order valence-corrected chi connectivity index (χ1v) is 22.8. The lowest BCUT2D eigenvalue weighted by atomic mass is 10.0. The van der Waals surface area contributed by atoms with Crippen molar-refractivity contribution in [3.8, 4) is 0 Å². The molecule has 0 radical (unpaired) electrons. The second-order valence-corrected chi connectivity index (χ2v) is 15.3. The highest BCUT2D eigenvalue weighted by Gasteiger charge is 2.19. The minimum atomic E-state index is -0.774. The molecule has 0 aliphatic rings. The van der Waals surface area contributed by atoms with E-state index in [9.17, 15) is 14.4 Å². The van der Waals surface area contributed by atoms with Gasteiger partial charge in [-0.2, -0.15) is 0 Å². The number of esters is 3. The smallest absolute Gasteiger partial charge is 0.306 e. The maximum Gasteiger partial charge on any atom is 0.306 e. The first-order valence-electron chi connectivity index (χ1n) is 22.8. The van der Waals surface area contributed by atoms with Crippen LogP contribution in [0, 0.1) is 0 Å². The van der Waals surface area contributed by atoms with E-state index >= 15 is 0 Å². The minimum absolute atomic E-state index is 0.0794. The standard InChI is InChI=1S/C47H86O6/c1-4-7-10-13-16-19-22-24-26-28-31-34-37-40-46(49)52-43-44(42-51-45(48)39-36-33-30-27-21-18-15-12-9-6-3)53-47(50)41-38-35-32-29-25-23-20-17-14-11-8-5-2/h15,18,24,26,44H,4-14,16-17,19-23,25,27-43H2,1-3H3/b18-15-,26-24-. The summed E-state index contributed by atoms with van der Waals surface area (Å²) in [5, 5.41) is 0. The zero-order valence-corrected chi connectivity index (χ0v) is 35.3. The largest absolute Gasteiger partial charge is 0.462 e. The molecule has 0 spiro atoms. The van der Waals surface area contributed by atoms with Gasteiger partial charge in [0.2, 0.25) is 0 Å². The maximum atomic E-state index is 12.7. The van der Waals surface area contributed by atoms with Crippen LogP contribution in [0.5, 0.6) is 0 Å². The summed E-state index contributed by atoms with van der Waals surface area (Å²) in [4.78, 5) is 37.7. The van der Waals surface area contributed by atoms with Gasteiger partial charge in [0.15, 0.2) is 6.10 Å². The van der Waals surface area contributed by atoms with E-state index in [1.807, 2.05) is 0 Å². The van der Waals surface area contributed by atoms with Gasteiger partial charge < -0.3 is 14.2 Å². The predicted octanol–water partition coefficient (Wildman–Crippen LogP) is 14.4. The monoisotopic (exact) mass is 747 g/mol. The molecule has 0 rings (SSSR count). The average Bonchev–Trinajstić information content (AvgIpc) is 3.15. The molecular formula is C47H86O6. The molecule has 0 aromatic carbocycles. The van der Waals surface area contributed by atoms with Crippen molar-refractivity contribution in [2.24, 2.45) is 0 Å². The van der Waals surface area contributed by atoms with Crippen LogP contribution in [0.2, 0.25) is 0 Å². The number of hydrogen-bond donors (Lipinski definition) is 0. The lowest BCUT2D eigenvalue weighted by molar-refractivity contribution is -0.167. The van der Waals surface area contributed by atoms with Crippen molar-refractivity contribution in [2.75, 3.05) is 13.2 Å². The molecule has 0 saturated heterocycles. The molecule has 6 heteroatoms. The second kappa shape index (κ2) is 42.6. The molecule has 0 bridgehead atoms. The number of hydrogen-bond acceptors (Lipinski definition) is 6. The van der Waals surface area contributed by atoms with Crippen molar-refractivity contribution in [1.29, 1.82) is 0 Å². The lowest BCUT2D eigenvalue weighted by Crippen LogP contribution is -2.30. The van der Waals surface area contributed by atoms with E-state index in [0.29, 0.717) is 19.3 Å². The highest BCUT2D eigenvalue weighted by atomic mass is 16.6. The van der Waals surface area contributed by atoms with Gasteiger partial charge in [-0.25, -0.2) is 0 Å². The van der Waals surface area contributed by atoms with Gasteiger partial charge in [0.05, 0.1) is 0 Å². The van der Waals surface area contributed by atoms with Crippen molar-refractivity contribution in [2.45, 2.75) is 245 Å². The Hall–Kier alpha value is -2.11. The van der Waals surface area contributed by atoms with Gasteiger partial charge >= 0.3 is 17.9 Å². The van der Waals surface area contributed by atoms with Crippen molar-refractivity contribution < 1.29 is 28.6 Å². The Balaban J connectivity index is 4.38. The number of unbranched alkanes of at least 4 members (excludes halogenated alkanes) is 26. The third-order valence-electron chi connectivity index (χ3n) is 9.93. The zero-order chi connectivity index (χ0) is 38.7. The minimum Gasteiger partial charge on any atom is -0.462 e. The van der Waals surface area contributed by atoms with Crippen molar-refractivity contribution in [1.82, 2.24) is 0 Å². The summed E-state index contributed by atoms with van der Waals surface area (Å²) in [6.07, 6.45) is 45.9. The molecule has 6 nitrogen and oxygen atoms in total. The first kappa shape index (κ1) is 50.9. The van der Waals surface area contributed by atoms with E-state index in [1.165, 1.54) is 109 Å². The fraction of sp³-hybridized carbons (Fsp3) is 0.851. The van der Waals surface area contributed by atoms with Gasteiger partial charge in [-0.15, -0.1) is 0 Å². The maximum absolute atomic E-state index is 12.7. The average molecular weight is 747 g/mol. The normalized spacial score (nSPS) is 12.1. The quantitative estimate of drug-likeness (QED) is 0.0268. The van der Waals surface area contributed by atoms with Gasteiger partial charge in [0.1, 0.15) is 13.2 Å². The molecule has 0 amide bonds. The molecule has 0 aromatic heterocycles. The molecule has 0 heterocycles. The molecular weight excluding hydrogens is 661 g/mol. The van der Waals surface area contributed by atoms with Crippen LogP contribution >= 0.6 is 0 Å². The third kappa shape index (κ3) is 40.9. The Labute approximate surface area is 328 Å². The van der Waals surface area contributed by atoms with Gasteiger partial charge in [0.25, 0.3) is 0 Å². The Morgan fingerprint density at radius 2 is 0.642 bits per heavy atom. The van der Waals surface area contributed by atoms with Crippen LogP contribution in [0.3, 0.4) is 0 Å². The Bertz CT molecular complexity index is 865. The number of allylic oxidation sites excluding steroid dienone is 4. The van der Waals surface area contributed by atoms with Crippen LogP contribution in [-0.4, -0.2) is 37.2 Å². The molecule has 0 aliphatic carbocycles. The van der Waals surface area contributed by atoms with Crippen LogP contribution in [0.25, 0.3) is 0 Å². The van der Waals surface area contributed by atoms with Gasteiger partial charge in [-0.1, -0.05) is 180 Å². The predicted molar refractivity (Wildman–Crippen MR) is 224 cm³/mol. The van der Waals surface area contributed by atoms with Gasteiger partial charge in [-0.05, 0) is 64.2 Å². The fourth-order valence-electron chi connectivity index (χ4n) is 6.42. The molecule has 0 N–H and O–H groups in total. The van der Waals surface area contributed by atoms with E-state index in [0.717, 1.165) is 89.9 Å². The third-order valence-corrected chi connectivity index (χ3v) is 9.93. The van der Waals surface area contributed by atoms with E-state index in [1.54, 1.807) is 0 Å². The lowest BCUT2D eigenvalue weighted by Gasteiger charge is -2.18. The van der Waals surface area contributed by atoms with Crippen molar-refractivity contribution in [3.63, 3.8) is 0 Å².